The molecule has 0 aromatic heterocycles. The highest BCUT2D eigenvalue weighted by Gasteiger charge is 1.89. The number of hydrogen-bond donors (Lipinski definition) is 1. The number of anilines is 1. The van der Waals surface area contributed by atoms with E-state index < -0.39 is 0 Å². The first kappa shape index (κ1) is 18.9. The van der Waals surface area contributed by atoms with Crippen molar-refractivity contribution in [3.63, 3.8) is 0 Å². The summed E-state index contributed by atoms with van der Waals surface area (Å²) in [4.78, 5) is 4.38. The van der Waals surface area contributed by atoms with Crippen molar-refractivity contribution in [2.24, 2.45) is 4.99 Å². The molecule has 0 heterocycles. The van der Waals surface area contributed by atoms with Gasteiger partial charge in [0.05, 0.1) is 6.54 Å². The highest BCUT2D eigenvalue weighted by Crippen LogP contribution is 2.04. The lowest BCUT2D eigenvalue weighted by Gasteiger charge is -1.96. The van der Waals surface area contributed by atoms with E-state index in [-0.39, 0.29) is 0 Å². The van der Waals surface area contributed by atoms with Gasteiger partial charge in [-0.25, -0.2) is 0 Å². The Kier molecular flexibility index (Phi) is 11.6. The van der Waals surface area contributed by atoms with Crippen LogP contribution in [0.5, 0.6) is 0 Å². The van der Waals surface area contributed by atoms with E-state index in [0.29, 0.717) is 6.54 Å². The predicted molar refractivity (Wildman–Crippen MR) is 95.9 cm³/mol. The summed E-state index contributed by atoms with van der Waals surface area (Å²) in [5.41, 5.74) is 8.67. The molecule has 2 aromatic carbocycles. The van der Waals surface area contributed by atoms with E-state index in [1.54, 1.807) is 0 Å². The number of aliphatic imine (C=N–C) groups is 1. The summed E-state index contributed by atoms with van der Waals surface area (Å²) in [6.45, 7) is 8.96. The number of hydrogen-bond acceptors (Lipinski definition) is 2. The van der Waals surface area contributed by atoms with Crippen LogP contribution in [0.4, 0.5) is 5.69 Å². The second kappa shape index (κ2) is 12.9. The Morgan fingerprint density at radius 3 is 1.95 bits per heavy atom. The van der Waals surface area contributed by atoms with Crippen molar-refractivity contribution in [1.82, 2.24) is 0 Å². The molecule has 0 saturated carbocycles. The normalized spacial score (nSPS) is 9.33. The second-order valence-electron chi connectivity index (χ2n) is 4.33. The van der Waals surface area contributed by atoms with Crippen LogP contribution in [-0.2, 0) is 6.54 Å². The van der Waals surface area contributed by atoms with Crippen LogP contribution in [0, 0.1) is 0 Å². The van der Waals surface area contributed by atoms with E-state index >= 15 is 0 Å². The van der Waals surface area contributed by atoms with Crippen LogP contribution in [0.2, 0.25) is 0 Å². The Labute approximate surface area is 129 Å². The summed E-state index contributed by atoms with van der Waals surface area (Å²) < 4.78 is 0. The molecule has 2 aromatic rings. The third-order valence-corrected chi connectivity index (χ3v) is 2.29. The second-order valence-corrected chi connectivity index (χ2v) is 4.33. The maximum absolute atomic E-state index is 5.60. The van der Waals surface area contributed by atoms with Crippen molar-refractivity contribution in [2.75, 3.05) is 5.73 Å². The molecule has 0 amide bonds. The van der Waals surface area contributed by atoms with Crippen molar-refractivity contribution in [1.29, 1.82) is 0 Å². The smallest absolute Gasteiger partial charge is 0.0639 e. The van der Waals surface area contributed by atoms with Crippen LogP contribution in [0.3, 0.4) is 0 Å². The summed E-state index contributed by atoms with van der Waals surface area (Å²) in [5.74, 6) is 0. The quantitative estimate of drug-likeness (QED) is 0.600. The minimum atomic E-state index is 0.714. The van der Waals surface area contributed by atoms with Crippen molar-refractivity contribution < 1.29 is 0 Å². The number of nitrogens with two attached hydrogens (primary N) is 1. The van der Waals surface area contributed by atoms with Crippen LogP contribution >= 0.6 is 0 Å². The molecule has 2 rings (SSSR count). The zero-order chi connectivity index (χ0) is 15.9. The lowest BCUT2D eigenvalue weighted by Crippen LogP contribution is -1.87. The van der Waals surface area contributed by atoms with E-state index in [4.69, 9.17) is 5.73 Å². The molecule has 0 spiro atoms. The number of nitrogens with zero attached hydrogens (tertiary/aromatic N) is 1. The Balaban J connectivity index is 0.000000713. The van der Waals surface area contributed by atoms with Gasteiger partial charge in [-0.1, -0.05) is 76.6 Å². The lowest BCUT2D eigenvalue weighted by molar-refractivity contribution is 1.08. The van der Waals surface area contributed by atoms with Gasteiger partial charge >= 0.3 is 0 Å². The van der Waals surface area contributed by atoms with Gasteiger partial charge in [0.15, 0.2) is 0 Å². The molecule has 2 nitrogen and oxygen atoms in total. The maximum Gasteiger partial charge on any atom is 0.0639 e. The average Bonchev–Trinajstić information content (AvgIpc) is 2.53. The fraction of sp³-hybridized carbons (Fsp3) is 0.316. The Morgan fingerprint density at radius 1 is 0.905 bits per heavy atom. The van der Waals surface area contributed by atoms with Crippen molar-refractivity contribution in [2.45, 2.75) is 40.7 Å². The van der Waals surface area contributed by atoms with Gasteiger partial charge in [-0.05, 0) is 23.3 Å². The van der Waals surface area contributed by atoms with Crippen molar-refractivity contribution in [3.05, 3.63) is 65.7 Å². The minimum absolute atomic E-state index is 0.714. The highest BCUT2D eigenvalue weighted by molar-refractivity contribution is 5.80. The molecule has 0 aliphatic carbocycles. The third-order valence-electron chi connectivity index (χ3n) is 2.29. The predicted octanol–water partition coefficient (Wildman–Crippen LogP) is 5.33. The van der Waals surface area contributed by atoms with Crippen LogP contribution < -0.4 is 5.73 Å². The lowest BCUT2D eigenvalue weighted by atomic mass is 10.2. The standard InChI is InChI=1S/C14H14N2.C3H8.C2H6/c15-14-8-6-13(7-9-14)11-16-10-12-4-2-1-3-5-12;1-3-2;1-2/h1-9,11H,10,15H2;3H2,1-2H3;1-2H3. The van der Waals surface area contributed by atoms with E-state index in [0.717, 1.165) is 11.3 Å². The van der Waals surface area contributed by atoms with Gasteiger partial charge < -0.3 is 5.73 Å². The SMILES string of the molecule is CC.CCC.Nc1ccc(C=NCc2ccccc2)cc1. The molecule has 0 fully saturated rings. The molecule has 0 unspecified atom stereocenters. The van der Waals surface area contributed by atoms with E-state index in [1.165, 1.54) is 12.0 Å². The fourth-order valence-electron chi connectivity index (χ4n) is 1.42. The highest BCUT2D eigenvalue weighted by atomic mass is 14.7. The third kappa shape index (κ3) is 9.44. The average molecular weight is 284 g/mol. The number of benzene rings is 2. The van der Waals surface area contributed by atoms with Gasteiger partial charge in [0.1, 0.15) is 0 Å². The van der Waals surface area contributed by atoms with Crippen LogP contribution in [0.25, 0.3) is 0 Å². The van der Waals surface area contributed by atoms with Gasteiger partial charge in [0.25, 0.3) is 0 Å². The Bertz CT molecular complexity index is 473. The number of nitrogen functional groups attached to an aromatic ring is 1. The number of rotatable bonds is 3. The Hall–Kier alpha value is -2.09. The van der Waals surface area contributed by atoms with Crippen molar-refractivity contribution in [3.8, 4) is 0 Å². The van der Waals surface area contributed by atoms with Gasteiger partial charge in [0.2, 0.25) is 0 Å². The molecule has 0 saturated heterocycles. The molecule has 2 heteroatoms. The van der Waals surface area contributed by atoms with Crippen LogP contribution in [-0.4, -0.2) is 6.21 Å². The molecule has 0 radical (unpaired) electrons. The summed E-state index contributed by atoms with van der Waals surface area (Å²) >= 11 is 0. The largest absolute Gasteiger partial charge is 0.399 e. The first-order valence-corrected chi connectivity index (χ1v) is 7.65. The zero-order valence-electron chi connectivity index (χ0n) is 13.7. The summed E-state index contributed by atoms with van der Waals surface area (Å²) in [5, 5.41) is 0. The fourth-order valence-corrected chi connectivity index (χ4v) is 1.42. The molecule has 0 atom stereocenters. The van der Waals surface area contributed by atoms with Crippen LogP contribution in [0.15, 0.2) is 59.6 Å². The topological polar surface area (TPSA) is 38.4 Å². The van der Waals surface area contributed by atoms with E-state index in [1.807, 2.05) is 62.5 Å². The van der Waals surface area contributed by atoms with E-state index in [9.17, 15) is 0 Å². The molecular formula is C19H28N2. The molecule has 21 heavy (non-hydrogen) atoms. The van der Waals surface area contributed by atoms with Crippen molar-refractivity contribution >= 4 is 11.9 Å². The van der Waals surface area contributed by atoms with Gasteiger partial charge in [0, 0.05) is 11.9 Å². The van der Waals surface area contributed by atoms with E-state index in [2.05, 4.69) is 31.0 Å². The summed E-state index contributed by atoms with van der Waals surface area (Å²) in [6.07, 6.45) is 3.12. The van der Waals surface area contributed by atoms with Gasteiger partial charge in [-0.15, -0.1) is 0 Å². The zero-order valence-corrected chi connectivity index (χ0v) is 13.7. The molecule has 114 valence electrons. The summed E-state index contributed by atoms with van der Waals surface area (Å²) in [7, 11) is 0. The molecular weight excluding hydrogens is 256 g/mol. The van der Waals surface area contributed by atoms with Crippen LogP contribution in [0.1, 0.15) is 45.2 Å². The first-order chi connectivity index (χ1) is 10.3. The van der Waals surface area contributed by atoms with Gasteiger partial charge in [-0.2, -0.15) is 0 Å². The molecule has 0 aliphatic heterocycles. The molecule has 0 bridgehead atoms. The Morgan fingerprint density at radius 2 is 1.43 bits per heavy atom. The first-order valence-electron chi connectivity index (χ1n) is 7.65. The monoisotopic (exact) mass is 284 g/mol. The molecule has 0 aliphatic rings. The molecule has 2 N–H and O–H groups in total. The minimum Gasteiger partial charge on any atom is -0.399 e. The summed E-state index contributed by atoms with van der Waals surface area (Å²) in [6, 6.07) is 17.9. The van der Waals surface area contributed by atoms with Gasteiger partial charge in [-0.3, -0.25) is 4.99 Å². The maximum atomic E-state index is 5.60.